The van der Waals surface area contributed by atoms with Crippen LogP contribution in [0.25, 0.3) is 11.1 Å². The van der Waals surface area contributed by atoms with E-state index in [0.29, 0.717) is 33.2 Å². The molecule has 9 heteroatoms. The Morgan fingerprint density at radius 3 is 2.44 bits per heavy atom. The summed E-state index contributed by atoms with van der Waals surface area (Å²) in [5.41, 5.74) is 7.55. The van der Waals surface area contributed by atoms with Crippen molar-refractivity contribution in [3.8, 4) is 11.1 Å². The van der Waals surface area contributed by atoms with Gasteiger partial charge in [0.25, 0.3) is 5.91 Å². The van der Waals surface area contributed by atoms with E-state index < -0.39 is 17.6 Å². The standard InChI is InChI=1S/C25H23Cl2FN4O2/c1-25(2)12-32(13-25)20-10-15(16-9-14(22(29)33)7-8-17(16)26)11-30-23(20)31(3)24(34)21-18(27)5-4-6-19(21)28/h4-11H,12-13H2,1-3H3,(H2,29,33). The summed E-state index contributed by atoms with van der Waals surface area (Å²) in [5, 5.41) is 0.451. The number of carbonyl (C=O) groups excluding carboxylic acids is 2. The van der Waals surface area contributed by atoms with Gasteiger partial charge >= 0.3 is 0 Å². The molecule has 1 aliphatic heterocycles. The van der Waals surface area contributed by atoms with Crippen LogP contribution in [0.3, 0.4) is 0 Å². The predicted octanol–water partition coefficient (Wildman–Crippen LogP) is 5.42. The molecule has 3 aromatic rings. The van der Waals surface area contributed by atoms with Gasteiger partial charge in [-0.25, -0.2) is 9.37 Å². The van der Waals surface area contributed by atoms with E-state index >= 15 is 0 Å². The lowest BCUT2D eigenvalue weighted by atomic mass is 9.84. The summed E-state index contributed by atoms with van der Waals surface area (Å²) < 4.78 is 14.4. The van der Waals surface area contributed by atoms with Gasteiger partial charge in [-0.1, -0.05) is 43.1 Å². The number of pyridine rings is 1. The van der Waals surface area contributed by atoms with E-state index in [1.807, 2.05) is 6.07 Å². The number of hydrogen-bond donors (Lipinski definition) is 1. The Balaban J connectivity index is 1.80. The first-order chi connectivity index (χ1) is 16.0. The first kappa shape index (κ1) is 24.0. The number of aromatic nitrogens is 1. The highest BCUT2D eigenvalue weighted by Crippen LogP contribution is 2.41. The number of benzene rings is 2. The molecule has 6 nitrogen and oxygen atoms in total. The average molecular weight is 501 g/mol. The quantitative estimate of drug-likeness (QED) is 0.507. The van der Waals surface area contributed by atoms with Gasteiger partial charge in [0.15, 0.2) is 5.82 Å². The first-order valence-corrected chi connectivity index (χ1v) is 11.3. The molecule has 1 fully saturated rings. The molecule has 1 aliphatic rings. The maximum Gasteiger partial charge on any atom is 0.263 e. The summed E-state index contributed by atoms with van der Waals surface area (Å²) in [7, 11) is 1.53. The van der Waals surface area contributed by atoms with Crippen LogP contribution in [-0.4, -0.2) is 36.9 Å². The van der Waals surface area contributed by atoms with Crippen molar-refractivity contribution in [1.82, 2.24) is 4.98 Å². The molecule has 4 rings (SSSR count). The number of halogens is 3. The molecule has 2 N–H and O–H groups in total. The van der Waals surface area contributed by atoms with Gasteiger partial charge in [-0.2, -0.15) is 0 Å². The molecule has 176 valence electrons. The predicted molar refractivity (Wildman–Crippen MR) is 133 cm³/mol. The lowest BCUT2D eigenvalue weighted by Gasteiger charge is -2.48. The van der Waals surface area contributed by atoms with E-state index in [1.165, 1.54) is 30.1 Å². The molecule has 1 saturated heterocycles. The van der Waals surface area contributed by atoms with Crippen LogP contribution >= 0.6 is 23.2 Å². The summed E-state index contributed by atoms with van der Waals surface area (Å²) in [6.07, 6.45) is 1.56. The van der Waals surface area contributed by atoms with Gasteiger partial charge in [0.2, 0.25) is 5.91 Å². The highest BCUT2D eigenvalue weighted by molar-refractivity contribution is 6.34. The van der Waals surface area contributed by atoms with E-state index in [0.717, 1.165) is 13.1 Å². The minimum Gasteiger partial charge on any atom is -0.367 e. The molecule has 0 saturated carbocycles. The third-order valence-electron chi connectivity index (χ3n) is 5.79. The SMILES string of the molecule is CN(C(=O)c1c(F)cccc1Cl)c1ncc(-c2cc(C(N)=O)ccc2Cl)cc1N1CC(C)(C)C1. The Kier molecular flexibility index (Phi) is 6.27. The van der Waals surface area contributed by atoms with E-state index in [9.17, 15) is 14.0 Å². The molecule has 2 aromatic carbocycles. The molecule has 0 unspecified atom stereocenters. The van der Waals surface area contributed by atoms with E-state index in [1.54, 1.807) is 24.4 Å². The number of carbonyl (C=O) groups is 2. The lowest BCUT2D eigenvalue weighted by molar-refractivity contribution is 0.0984. The van der Waals surface area contributed by atoms with Crippen molar-refractivity contribution in [3.63, 3.8) is 0 Å². The second-order valence-corrected chi connectivity index (χ2v) is 9.92. The van der Waals surface area contributed by atoms with Crippen LogP contribution in [0, 0.1) is 11.2 Å². The Morgan fingerprint density at radius 2 is 1.82 bits per heavy atom. The van der Waals surface area contributed by atoms with Gasteiger partial charge in [-0.15, -0.1) is 0 Å². The zero-order valence-corrected chi connectivity index (χ0v) is 20.4. The summed E-state index contributed by atoms with van der Waals surface area (Å²) in [6, 6.07) is 10.7. The van der Waals surface area contributed by atoms with Gasteiger partial charge < -0.3 is 10.6 Å². The highest BCUT2D eigenvalue weighted by Gasteiger charge is 2.37. The van der Waals surface area contributed by atoms with Gasteiger partial charge in [0, 0.05) is 48.0 Å². The summed E-state index contributed by atoms with van der Waals surface area (Å²) in [4.78, 5) is 32.8. The summed E-state index contributed by atoms with van der Waals surface area (Å²) in [5.74, 6) is -1.54. The van der Waals surface area contributed by atoms with Crippen molar-refractivity contribution in [2.45, 2.75) is 13.8 Å². The van der Waals surface area contributed by atoms with E-state index in [4.69, 9.17) is 28.9 Å². The molecule has 2 heterocycles. The molecular formula is C25H23Cl2FN4O2. The van der Waals surface area contributed by atoms with Crippen molar-refractivity contribution in [2.75, 3.05) is 29.9 Å². The Morgan fingerprint density at radius 1 is 1.12 bits per heavy atom. The topological polar surface area (TPSA) is 79.5 Å². The van der Waals surface area contributed by atoms with Crippen molar-refractivity contribution in [3.05, 3.63) is 75.7 Å². The fourth-order valence-electron chi connectivity index (χ4n) is 4.11. The number of amides is 2. The number of rotatable bonds is 5. The summed E-state index contributed by atoms with van der Waals surface area (Å²) in [6.45, 7) is 5.76. The fraction of sp³-hybridized carbons (Fsp3) is 0.240. The van der Waals surface area contributed by atoms with Crippen molar-refractivity contribution < 1.29 is 14.0 Å². The maximum atomic E-state index is 14.4. The maximum absolute atomic E-state index is 14.4. The van der Waals surface area contributed by atoms with Crippen LogP contribution in [0.1, 0.15) is 34.6 Å². The van der Waals surface area contributed by atoms with Crippen LogP contribution in [0.5, 0.6) is 0 Å². The molecule has 0 atom stereocenters. The second kappa shape index (κ2) is 8.89. The van der Waals surface area contributed by atoms with Crippen LogP contribution in [0.4, 0.5) is 15.9 Å². The molecule has 0 bridgehead atoms. The van der Waals surface area contributed by atoms with E-state index in [-0.39, 0.29) is 16.0 Å². The highest BCUT2D eigenvalue weighted by atomic mass is 35.5. The van der Waals surface area contributed by atoms with Crippen molar-refractivity contribution in [1.29, 1.82) is 0 Å². The van der Waals surface area contributed by atoms with Gasteiger partial charge in [0.05, 0.1) is 16.3 Å². The molecule has 0 radical (unpaired) electrons. The fourth-order valence-corrected chi connectivity index (χ4v) is 4.58. The lowest BCUT2D eigenvalue weighted by Crippen LogP contribution is -2.53. The number of nitrogens with two attached hydrogens (primary N) is 1. The van der Waals surface area contributed by atoms with Crippen LogP contribution in [-0.2, 0) is 0 Å². The van der Waals surface area contributed by atoms with Crippen molar-refractivity contribution in [2.24, 2.45) is 11.1 Å². The van der Waals surface area contributed by atoms with Gasteiger partial charge in [-0.05, 0) is 41.8 Å². The average Bonchev–Trinajstić information content (AvgIpc) is 2.76. The molecule has 2 amide bonds. The largest absolute Gasteiger partial charge is 0.367 e. The zero-order valence-electron chi connectivity index (χ0n) is 18.9. The van der Waals surface area contributed by atoms with Gasteiger partial charge in [-0.3, -0.25) is 14.5 Å². The smallest absolute Gasteiger partial charge is 0.263 e. The first-order valence-electron chi connectivity index (χ1n) is 10.6. The van der Waals surface area contributed by atoms with Crippen LogP contribution < -0.4 is 15.5 Å². The van der Waals surface area contributed by atoms with Crippen molar-refractivity contribution >= 4 is 46.5 Å². The molecule has 0 spiro atoms. The summed E-state index contributed by atoms with van der Waals surface area (Å²) >= 11 is 12.5. The van der Waals surface area contributed by atoms with Crippen LogP contribution in [0.2, 0.25) is 10.0 Å². The minimum absolute atomic E-state index is 0.0233. The Hall–Kier alpha value is -3.16. The Labute approximate surface area is 207 Å². The number of primary amides is 1. The molecular weight excluding hydrogens is 478 g/mol. The number of hydrogen-bond acceptors (Lipinski definition) is 4. The third kappa shape index (κ3) is 4.45. The third-order valence-corrected chi connectivity index (χ3v) is 6.43. The van der Waals surface area contributed by atoms with Gasteiger partial charge in [0.1, 0.15) is 5.82 Å². The Bertz CT molecular complexity index is 1280. The van der Waals surface area contributed by atoms with Crippen LogP contribution in [0.15, 0.2) is 48.7 Å². The normalized spacial score (nSPS) is 14.5. The second-order valence-electron chi connectivity index (χ2n) is 9.11. The molecule has 1 aromatic heterocycles. The van der Waals surface area contributed by atoms with E-state index in [2.05, 4.69) is 23.7 Å². The monoisotopic (exact) mass is 500 g/mol. The molecule has 34 heavy (non-hydrogen) atoms. The zero-order chi connectivity index (χ0) is 24.8. The molecule has 0 aliphatic carbocycles. The number of anilines is 2. The minimum atomic E-state index is -0.706. The number of nitrogens with zero attached hydrogens (tertiary/aromatic N) is 3.